The zero-order chi connectivity index (χ0) is 35.3. The molecule has 2 rings (SSSR count). The topological polar surface area (TPSA) is 97.4 Å². The van der Waals surface area contributed by atoms with E-state index >= 15 is 0 Å². The molecule has 0 saturated heterocycles. The molecule has 0 amide bonds. The van der Waals surface area contributed by atoms with E-state index in [0.29, 0.717) is 28.4 Å². The average molecular weight is 639 g/mol. The number of hydrogen-bond donors (Lipinski definition) is 0. The van der Waals surface area contributed by atoms with E-state index in [4.69, 9.17) is 23.7 Å². The lowest BCUT2D eigenvalue weighted by molar-refractivity contribution is -0.160. The Morgan fingerprint density at radius 1 is 0.674 bits per heavy atom. The molecule has 0 atom stereocenters. The molecule has 0 spiro atoms. The minimum atomic E-state index is -0.690. The molecule has 0 radical (unpaired) electrons. The van der Waals surface area contributed by atoms with Crippen molar-refractivity contribution in [3.05, 3.63) is 58.7 Å². The number of benzene rings is 2. The van der Waals surface area contributed by atoms with Crippen LogP contribution in [0.4, 0.5) is 0 Å². The van der Waals surface area contributed by atoms with Gasteiger partial charge in [0.2, 0.25) is 13.6 Å². The molecule has 46 heavy (non-hydrogen) atoms. The van der Waals surface area contributed by atoms with Gasteiger partial charge in [0.05, 0.1) is 22.5 Å². The predicted molar refractivity (Wildman–Crippen MR) is 181 cm³/mol. The molecule has 0 bridgehead atoms. The first-order valence-corrected chi connectivity index (χ1v) is 15.7. The summed E-state index contributed by atoms with van der Waals surface area (Å²) in [5.74, 6) is 0.543. The second-order valence-electron chi connectivity index (χ2n) is 15.8. The molecule has 0 aromatic heterocycles. The van der Waals surface area contributed by atoms with Gasteiger partial charge in [-0.15, -0.1) is 0 Å². The first-order chi connectivity index (χ1) is 20.9. The molecule has 0 aliphatic rings. The number of hydrogen-bond acceptors (Lipinski definition) is 8. The van der Waals surface area contributed by atoms with Crippen molar-refractivity contribution >= 4 is 23.8 Å². The van der Waals surface area contributed by atoms with Crippen molar-refractivity contribution in [1.82, 2.24) is 0 Å². The first-order valence-electron chi connectivity index (χ1n) is 15.7. The molecular formula is C38H54O8. The van der Waals surface area contributed by atoms with Gasteiger partial charge in [0.25, 0.3) is 0 Å². The van der Waals surface area contributed by atoms with E-state index in [1.165, 1.54) is 6.08 Å². The van der Waals surface area contributed by atoms with E-state index in [1.807, 2.05) is 13.8 Å². The van der Waals surface area contributed by atoms with Gasteiger partial charge >= 0.3 is 11.9 Å². The summed E-state index contributed by atoms with van der Waals surface area (Å²) >= 11 is 0. The number of carbonyl (C=O) groups is 3. The minimum absolute atomic E-state index is 0.161. The zero-order valence-electron chi connectivity index (χ0n) is 30.3. The van der Waals surface area contributed by atoms with E-state index in [-0.39, 0.29) is 48.2 Å². The van der Waals surface area contributed by atoms with Crippen LogP contribution >= 0.6 is 0 Å². The fourth-order valence-corrected chi connectivity index (χ4v) is 4.15. The van der Waals surface area contributed by atoms with Crippen LogP contribution in [0.2, 0.25) is 0 Å². The maximum absolute atomic E-state index is 13.4. The maximum atomic E-state index is 13.4. The van der Waals surface area contributed by atoms with E-state index in [9.17, 15) is 14.4 Å². The van der Waals surface area contributed by atoms with E-state index in [1.54, 1.807) is 71.9 Å². The standard InChI is InChI=1S/C38H54O8/c1-24(2)46-32-27(19-20-30(39)25-15-17-26(18-16-25)42-22-44-33(40)37(9,10)11)31(43-23-45-34(41)38(12,13)14)28(35(3,4)5)21-29(32)36(6,7)8/h15-21,24H,22-23H2,1-14H3. The summed E-state index contributed by atoms with van der Waals surface area (Å²) in [7, 11) is 0. The van der Waals surface area contributed by atoms with E-state index in [2.05, 4.69) is 47.6 Å². The first kappa shape index (κ1) is 38.4. The van der Waals surface area contributed by atoms with Gasteiger partial charge in [-0.05, 0) is 109 Å². The molecule has 2 aromatic carbocycles. The average Bonchev–Trinajstić information content (AvgIpc) is 2.89. The smallest absolute Gasteiger partial charge is 0.314 e. The summed E-state index contributed by atoms with van der Waals surface area (Å²) in [5.41, 5.74) is 0.901. The Kier molecular flexibility index (Phi) is 12.3. The molecule has 0 aliphatic heterocycles. The van der Waals surface area contributed by atoms with Gasteiger partial charge in [-0.25, -0.2) is 0 Å². The molecule has 2 aromatic rings. The van der Waals surface area contributed by atoms with Crippen molar-refractivity contribution in [2.45, 2.75) is 114 Å². The minimum Gasteiger partial charge on any atom is -0.490 e. The van der Waals surface area contributed by atoms with Gasteiger partial charge in [0, 0.05) is 16.7 Å². The molecule has 0 aliphatic carbocycles. The third kappa shape index (κ3) is 10.9. The number of ether oxygens (including phenoxy) is 5. The van der Waals surface area contributed by atoms with Gasteiger partial charge in [0.15, 0.2) is 5.78 Å². The Labute approximate surface area is 275 Å². The van der Waals surface area contributed by atoms with Gasteiger partial charge in [-0.2, -0.15) is 0 Å². The van der Waals surface area contributed by atoms with Crippen molar-refractivity contribution in [3.8, 4) is 17.2 Å². The molecule has 0 N–H and O–H groups in total. The van der Waals surface area contributed by atoms with Crippen LogP contribution in [0.25, 0.3) is 6.08 Å². The van der Waals surface area contributed by atoms with Crippen molar-refractivity contribution in [3.63, 3.8) is 0 Å². The van der Waals surface area contributed by atoms with Crippen molar-refractivity contribution in [1.29, 1.82) is 0 Å². The number of ketones is 1. The number of esters is 2. The fraction of sp³-hybridized carbons (Fsp3) is 0.553. The molecule has 8 heteroatoms. The van der Waals surface area contributed by atoms with Crippen molar-refractivity contribution in [2.75, 3.05) is 13.6 Å². The monoisotopic (exact) mass is 638 g/mol. The molecule has 254 valence electrons. The lowest BCUT2D eigenvalue weighted by Gasteiger charge is -2.32. The highest BCUT2D eigenvalue weighted by atomic mass is 16.7. The van der Waals surface area contributed by atoms with E-state index < -0.39 is 10.8 Å². The summed E-state index contributed by atoms with van der Waals surface area (Å²) in [6, 6.07) is 8.68. The lowest BCUT2D eigenvalue weighted by Crippen LogP contribution is -2.26. The SMILES string of the molecule is CC(C)Oc1c(C(C)(C)C)cc(C(C)(C)C)c(OCOC(=O)C(C)(C)C)c1C=CC(=O)c1ccc(OCOC(=O)C(C)(C)C)cc1. The van der Waals surface area contributed by atoms with Crippen LogP contribution in [0.15, 0.2) is 36.4 Å². The molecule has 0 heterocycles. The highest BCUT2D eigenvalue weighted by Gasteiger charge is 2.32. The van der Waals surface area contributed by atoms with Crippen LogP contribution in [0.1, 0.15) is 124 Å². The Morgan fingerprint density at radius 2 is 1.13 bits per heavy atom. The van der Waals surface area contributed by atoms with Gasteiger partial charge < -0.3 is 23.7 Å². The molecule has 0 unspecified atom stereocenters. The second-order valence-corrected chi connectivity index (χ2v) is 15.8. The molecule has 0 fully saturated rings. The third-order valence-electron chi connectivity index (χ3n) is 6.81. The van der Waals surface area contributed by atoms with Gasteiger partial charge in [-0.1, -0.05) is 41.5 Å². The second kappa shape index (κ2) is 14.7. The normalized spacial score (nSPS) is 12.7. The third-order valence-corrected chi connectivity index (χ3v) is 6.81. The highest BCUT2D eigenvalue weighted by Crippen LogP contribution is 2.46. The highest BCUT2D eigenvalue weighted by molar-refractivity contribution is 6.07. The van der Waals surface area contributed by atoms with Crippen LogP contribution in [0.5, 0.6) is 17.2 Å². The predicted octanol–water partition coefficient (Wildman–Crippen LogP) is 8.82. The molecular weight excluding hydrogens is 584 g/mol. The van der Waals surface area contributed by atoms with Crippen LogP contribution < -0.4 is 14.2 Å². The zero-order valence-corrected chi connectivity index (χ0v) is 30.3. The van der Waals surface area contributed by atoms with Crippen molar-refractivity contribution < 1.29 is 38.1 Å². The summed E-state index contributed by atoms with van der Waals surface area (Å²) in [6.07, 6.45) is 3.03. The Hall–Kier alpha value is -3.81. The Morgan fingerprint density at radius 3 is 1.57 bits per heavy atom. The van der Waals surface area contributed by atoms with Crippen molar-refractivity contribution in [2.24, 2.45) is 10.8 Å². The summed E-state index contributed by atoms with van der Waals surface area (Å²) in [4.78, 5) is 37.9. The van der Waals surface area contributed by atoms with Crippen LogP contribution in [0.3, 0.4) is 0 Å². The largest absolute Gasteiger partial charge is 0.490 e. The number of carbonyl (C=O) groups excluding carboxylic acids is 3. The van der Waals surface area contributed by atoms with Crippen LogP contribution in [0, 0.1) is 10.8 Å². The summed E-state index contributed by atoms with van der Waals surface area (Å²) < 4.78 is 28.8. The van der Waals surface area contributed by atoms with Gasteiger partial charge in [0.1, 0.15) is 17.2 Å². The van der Waals surface area contributed by atoms with Crippen LogP contribution in [-0.2, 0) is 29.9 Å². The molecule has 8 nitrogen and oxygen atoms in total. The van der Waals surface area contributed by atoms with E-state index in [0.717, 1.165) is 11.1 Å². The summed E-state index contributed by atoms with van der Waals surface area (Å²) in [5, 5.41) is 0. The Bertz CT molecular complexity index is 1400. The molecule has 0 saturated carbocycles. The maximum Gasteiger partial charge on any atom is 0.314 e. The van der Waals surface area contributed by atoms with Gasteiger partial charge in [-0.3, -0.25) is 14.4 Å². The quantitative estimate of drug-likeness (QED) is 0.104. The number of allylic oxidation sites excluding steroid dienone is 1. The lowest BCUT2D eigenvalue weighted by atomic mass is 9.78. The fourth-order valence-electron chi connectivity index (χ4n) is 4.15. The van der Waals surface area contributed by atoms with Crippen LogP contribution in [-0.4, -0.2) is 37.4 Å². The number of rotatable bonds is 11. The summed E-state index contributed by atoms with van der Waals surface area (Å²) in [6.45, 7) is 26.6. The Balaban J connectivity index is 2.55.